The van der Waals surface area contributed by atoms with Gasteiger partial charge in [0.15, 0.2) is 0 Å². The van der Waals surface area contributed by atoms with Gasteiger partial charge >= 0.3 is 0 Å². The molecule has 0 aliphatic carbocycles. The van der Waals surface area contributed by atoms with Crippen LogP contribution < -0.4 is 11.1 Å². The van der Waals surface area contributed by atoms with Gasteiger partial charge in [-0.15, -0.1) is 12.4 Å². The van der Waals surface area contributed by atoms with Crippen LogP contribution in [-0.2, 0) is 14.8 Å². The first kappa shape index (κ1) is 19.9. The highest BCUT2D eigenvalue weighted by Gasteiger charge is 2.32. The van der Waals surface area contributed by atoms with Crippen LogP contribution in [0.5, 0.6) is 0 Å². The van der Waals surface area contributed by atoms with Gasteiger partial charge in [-0.25, -0.2) is 8.42 Å². The zero-order valence-corrected chi connectivity index (χ0v) is 14.8. The SMILES string of the molecule is CCC(=O)Nc1ccc(S(=O)(=O)N2CCCCC2CN)cc1.Cl. The first-order valence-corrected chi connectivity index (χ1v) is 9.05. The number of halogens is 1. The third-order valence-electron chi connectivity index (χ3n) is 3.91. The Balaban J connectivity index is 0.00000264. The summed E-state index contributed by atoms with van der Waals surface area (Å²) in [5, 5.41) is 2.70. The Morgan fingerprint density at radius 2 is 1.96 bits per heavy atom. The van der Waals surface area contributed by atoms with Crippen molar-refractivity contribution >= 4 is 34.0 Å². The van der Waals surface area contributed by atoms with Crippen LogP contribution in [0.25, 0.3) is 0 Å². The maximum absolute atomic E-state index is 12.7. The van der Waals surface area contributed by atoms with Crippen molar-refractivity contribution in [1.82, 2.24) is 4.31 Å². The summed E-state index contributed by atoms with van der Waals surface area (Å²) in [6, 6.07) is 6.16. The molecule has 3 N–H and O–H groups in total. The number of hydrogen-bond acceptors (Lipinski definition) is 4. The normalized spacial score (nSPS) is 19.0. The van der Waals surface area contributed by atoms with Crippen molar-refractivity contribution in [3.8, 4) is 0 Å². The molecule has 130 valence electrons. The molecule has 0 saturated carbocycles. The third kappa shape index (κ3) is 4.67. The minimum absolute atomic E-state index is 0. The Morgan fingerprint density at radius 3 is 2.52 bits per heavy atom. The maximum atomic E-state index is 12.7. The highest BCUT2D eigenvalue weighted by atomic mass is 35.5. The fourth-order valence-electron chi connectivity index (χ4n) is 2.62. The van der Waals surface area contributed by atoms with E-state index >= 15 is 0 Å². The standard InChI is InChI=1S/C15H23N3O3S.ClH/c1-2-15(19)17-12-6-8-14(9-7-12)22(20,21)18-10-4-3-5-13(18)11-16;/h6-9,13H,2-5,10-11,16H2,1H3,(H,17,19);1H. The molecule has 1 aliphatic heterocycles. The number of piperidine rings is 1. The van der Waals surface area contributed by atoms with Crippen molar-refractivity contribution in [2.45, 2.75) is 43.5 Å². The van der Waals surface area contributed by atoms with Crippen LogP contribution in [0, 0.1) is 0 Å². The summed E-state index contributed by atoms with van der Waals surface area (Å²) in [6.45, 7) is 2.61. The van der Waals surface area contributed by atoms with Gasteiger partial charge in [0.2, 0.25) is 15.9 Å². The first-order chi connectivity index (χ1) is 10.5. The van der Waals surface area contributed by atoms with Gasteiger partial charge in [0.1, 0.15) is 0 Å². The van der Waals surface area contributed by atoms with Gasteiger partial charge in [-0.2, -0.15) is 4.31 Å². The average Bonchev–Trinajstić information content (AvgIpc) is 2.55. The van der Waals surface area contributed by atoms with Crippen molar-refractivity contribution in [1.29, 1.82) is 0 Å². The summed E-state index contributed by atoms with van der Waals surface area (Å²) in [6.07, 6.45) is 3.06. The lowest BCUT2D eigenvalue weighted by molar-refractivity contribution is -0.115. The number of rotatable bonds is 5. The number of anilines is 1. The molecule has 1 saturated heterocycles. The highest BCUT2D eigenvalue weighted by Crippen LogP contribution is 2.25. The number of carbonyl (C=O) groups excluding carboxylic acids is 1. The Labute approximate surface area is 143 Å². The van der Waals surface area contributed by atoms with E-state index in [2.05, 4.69) is 5.32 Å². The lowest BCUT2D eigenvalue weighted by atomic mass is 10.1. The topological polar surface area (TPSA) is 92.5 Å². The Hall–Kier alpha value is -1.15. The van der Waals surface area contributed by atoms with E-state index in [1.807, 2.05) is 0 Å². The number of sulfonamides is 1. The third-order valence-corrected chi connectivity index (χ3v) is 5.88. The molecule has 6 nitrogen and oxygen atoms in total. The summed E-state index contributed by atoms with van der Waals surface area (Å²) < 4.78 is 27.0. The van der Waals surface area contributed by atoms with Gasteiger partial charge in [0.25, 0.3) is 0 Å². The number of amides is 1. The molecular weight excluding hydrogens is 338 g/mol. The Kier molecular flexibility index (Phi) is 7.47. The molecule has 0 aromatic heterocycles. The molecule has 0 radical (unpaired) electrons. The van der Waals surface area contributed by atoms with Gasteiger partial charge in [0.05, 0.1) is 4.90 Å². The van der Waals surface area contributed by atoms with Gasteiger partial charge < -0.3 is 11.1 Å². The molecule has 0 bridgehead atoms. The predicted molar refractivity (Wildman–Crippen MR) is 93.2 cm³/mol. The number of hydrogen-bond donors (Lipinski definition) is 2. The maximum Gasteiger partial charge on any atom is 0.243 e. The molecule has 1 fully saturated rings. The molecule has 23 heavy (non-hydrogen) atoms. The fraction of sp³-hybridized carbons (Fsp3) is 0.533. The van der Waals surface area contributed by atoms with E-state index in [-0.39, 0.29) is 29.3 Å². The number of benzene rings is 1. The van der Waals surface area contributed by atoms with Gasteiger partial charge in [-0.3, -0.25) is 4.79 Å². The van der Waals surface area contributed by atoms with Gasteiger partial charge in [-0.05, 0) is 37.1 Å². The second-order valence-electron chi connectivity index (χ2n) is 5.43. The van der Waals surface area contributed by atoms with Crippen LogP contribution in [0.3, 0.4) is 0 Å². The fourth-order valence-corrected chi connectivity index (χ4v) is 4.33. The quantitative estimate of drug-likeness (QED) is 0.838. The van der Waals surface area contributed by atoms with Crippen molar-refractivity contribution in [2.24, 2.45) is 5.73 Å². The van der Waals surface area contributed by atoms with E-state index in [4.69, 9.17) is 5.73 Å². The Morgan fingerprint density at radius 1 is 1.30 bits per heavy atom. The molecule has 1 aromatic rings. The summed E-state index contributed by atoms with van der Waals surface area (Å²) >= 11 is 0. The summed E-state index contributed by atoms with van der Waals surface area (Å²) in [7, 11) is -3.53. The van der Waals surface area contributed by atoms with E-state index in [1.54, 1.807) is 19.1 Å². The van der Waals surface area contributed by atoms with Crippen LogP contribution in [-0.4, -0.2) is 37.8 Å². The molecule has 2 rings (SSSR count). The average molecular weight is 362 g/mol. The Bertz CT molecular complexity index is 619. The van der Waals surface area contributed by atoms with Gasteiger partial charge in [-0.1, -0.05) is 13.3 Å². The molecule has 1 aliphatic rings. The summed E-state index contributed by atoms with van der Waals surface area (Å²) in [5.41, 5.74) is 6.31. The van der Waals surface area contributed by atoms with Crippen LogP contribution in [0.4, 0.5) is 5.69 Å². The van der Waals surface area contributed by atoms with Crippen LogP contribution in [0.15, 0.2) is 29.2 Å². The largest absolute Gasteiger partial charge is 0.329 e. The predicted octanol–water partition coefficient (Wildman–Crippen LogP) is 1.96. The smallest absolute Gasteiger partial charge is 0.243 e. The molecule has 1 aromatic carbocycles. The molecule has 0 spiro atoms. The highest BCUT2D eigenvalue weighted by molar-refractivity contribution is 7.89. The number of carbonyl (C=O) groups is 1. The van der Waals surface area contributed by atoms with E-state index in [1.165, 1.54) is 16.4 Å². The van der Waals surface area contributed by atoms with Crippen molar-refractivity contribution in [3.63, 3.8) is 0 Å². The van der Waals surface area contributed by atoms with Crippen molar-refractivity contribution < 1.29 is 13.2 Å². The molecule has 1 atom stereocenters. The van der Waals surface area contributed by atoms with Crippen LogP contribution in [0.1, 0.15) is 32.6 Å². The second-order valence-corrected chi connectivity index (χ2v) is 7.32. The number of nitrogens with one attached hydrogen (secondary N) is 1. The lowest BCUT2D eigenvalue weighted by Gasteiger charge is -2.33. The molecule has 1 unspecified atom stereocenters. The summed E-state index contributed by atoms with van der Waals surface area (Å²) in [4.78, 5) is 11.6. The second kappa shape index (κ2) is 8.63. The minimum Gasteiger partial charge on any atom is -0.329 e. The van der Waals surface area contributed by atoms with Crippen LogP contribution >= 0.6 is 12.4 Å². The number of nitrogens with zero attached hydrogens (tertiary/aromatic N) is 1. The van der Waals surface area contributed by atoms with E-state index in [9.17, 15) is 13.2 Å². The van der Waals surface area contributed by atoms with E-state index < -0.39 is 10.0 Å². The van der Waals surface area contributed by atoms with E-state index in [0.717, 1.165) is 19.3 Å². The molecule has 1 heterocycles. The van der Waals surface area contributed by atoms with Crippen molar-refractivity contribution in [2.75, 3.05) is 18.4 Å². The first-order valence-electron chi connectivity index (χ1n) is 7.61. The lowest BCUT2D eigenvalue weighted by Crippen LogP contribution is -2.47. The van der Waals surface area contributed by atoms with Crippen LogP contribution in [0.2, 0.25) is 0 Å². The van der Waals surface area contributed by atoms with Crippen molar-refractivity contribution in [3.05, 3.63) is 24.3 Å². The molecule has 8 heteroatoms. The molecular formula is C15H24ClN3O3S. The zero-order chi connectivity index (χ0) is 16.2. The monoisotopic (exact) mass is 361 g/mol. The number of nitrogens with two attached hydrogens (primary N) is 1. The molecule has 1 amide bonds. The zero-order valence-electron chi connectivity index (χ0n) is 13.2. The minimum atomic E-state index is -3.53. The van der Waals surface area contributed by atoms with Gasteiger partial charge in [0, 0.05) is 31.2 Å². The summed E-state index contributed by atoms with van der Waals surface area (Å²) in [5.74, 6) is -0.102. The van der Waals surface area contributed by atoms with E-state index in [0.29, 0.717) is 25.2 Å².